The van der Waals surface area contributed by atoms with Crippen LogP contribution in [-0.2, 0) is 0 Å². The van der Waals surface area contributed by atoms with Crippen molar-refractivity contribution in [1.29, 1.82) is 0 Å². The average Bonchev–Trinajstić information content (AvgIpc) is 2.53. The highest BCUT2D eigenvalue weighted by molar-refractivity contribution is 5.93. The Bertz CT molecular complexity index is 686. The molecule has 0 fully saturated rings. The van der Waals surface area contributed by atoms with Gasteiger partial charge in [-0.15, -0.1) is 0 Å². The van der Waals surface area contributed by atoms with Gasteiger partial charge in [-0.3, -0.25) is 9.59 Å². The van der Waals surface area contributed by atoms with E-state index >= 15 is 0 Å². The van der Waals surface area contributed by atoms with Gasteiger partial charge in [0, 0.05) is 11.8 Å². The van der Waals surface area contributed by atoms with Crippen LogP contribution in [0.2, 0.25) is 0 Å². The van der Waals surface area contributed by atoms with E-state index in [1.54, 1.807) is 6.92 Å². The van der Waals surface area contributed by atoms with E-state index in [-0.39, 0.29) is 5.69 Å². The minimum Gasteiger partial charge on any atom is -0.321 e. The summed E-state index contributed by atoms with van der Waals surface area (Å²) in [5.74, 6) is -0.982. The van der Waals surface area contributed by atoms with E-state index < -0.39 is 17.3 Å². The second-order valence-corrected chi connectivity index (χ2v) is 3.83. The van der Waals surface area contributed by atoms with Crippen molar-refractivity contribution in [2.75, 3.05) is 0 Å². The number of allylic oxidation sites excluding steroid dienone is 4. The molecule has 1 heterocycles. The van der Waals surface area contributed by atoms with Gasteiger partial charge in [0.25, 0.3) is 11.5 Å². The smallest absolute Gasteiger partial charge is 0.276 e. The zero-order chi connectivity index (χ0) is 13.8. The molecule has 0 aromatic carbocycles. The Morgan fingerprint density at radius 3 is 2.95 bits per heavy atom. The first-order chi connectivity index (χ1) is 9.06. The summed E-state index contributed by atoms with van der Waals surface area (Å²) in [6.45, 7) is 1.57. The lowest BCUT2D eigenvalue weighted by Gasteiger charge is -2.05. The van der Waals surface area contributed by atoms with Crippen LogP contribution in [0.25, 0.3) is 0 Å². The second-order valence-electron chi connectivity index (χ2n) is 3.83. The van der Waals surface area contributed by atoms with Gasteiger partial charge in [-0.25, -0.2) is 5.10 Å². The third-order valence-electron chi connectivity index (χ3n) is 2.36. The molecule has 19 heavy (non-hydrogen) atoms. The van der Waals surface area contributed by atoms with E-state index in [2.05, 4.69) is 21.2 Å². The Kier molecular flexibility index (Phi) is 3.54. The molecule has 0 atom stereocenters. The Hall–Kier alpha value is -2.72. The van der Waals surface area contributed by atoms with Crippen LogP contribution in [0.15, 0.2) is 58.0 Å². The summed E-state index contributed by atoms with van der Waals surface area (Å²) in [6.07, 6.45) is 4.37. The third kappa shape index (κ3) is 3.14. The molecule has 1 aliphatic rings. The highest BCUT2D eigenvalue weighted by atomic mass is 19.1. The van der Waals surface area contributed by atoms with E-state index in [1.807, 2.05) is 0 Å². The maximum Gasteiger partial charge on any atom is 0.276 e. The molecule has 1 amide bonds. The van der Waals surface area contributed by atoms with Crippen molar-refractivity contribution in [3.05, 3.63) is 69.2 Å². The number of halogens is 1. The van der Waals surface area contributed by atoms with Gasteiger partial charge in [0.2, 0.25) is 0 Å². The third-order valence-corrected chi connectivity index (χ3v) is 2.36. The van der Waals surface area contributed by atoms with Crippen molar-refractivity contribution in [3.8, 4) is 0 Å². The van der Waals surface area contributed by atoms with Gasteiger partial charge in [0.05, 0.1) is 0 Å². The number of nitrogens with zero attached hydrogens (tertiary/aromatic N) is 1. The summed E-state index contributed by atoms with van der Waals surface area (Å²) in [7, 11) is 0. The Morgan fingerprint density at radius 2 is 2.26 bits per heavy atom. The van der Waals surface area contributed by atoms with E-state index in [4.69, 9.17) is 0 Å². The molecular weight excluding hydrogens is 249 g/mol. The quantitative estimate of drug-likeness (QED) is 0.787. The zero-order valence-corrected chi connectivity index (χ0v) is 10.0. The number of aromatic nitrogens is 2. The first-order valence-corrected chi connectivity index (χ1v) is 5.44. The van der Waals surface area contributed by atoms with Gasteiger partial charge >= 0.3 is 0 Å². The molecule has 6 heteroatoms. The number of amides is 1. The van der Waals surface area contributed by atoms with Crippen LogP contribution >= 0.6 is 0 Å². The minimum absolute atomic E-state index is 0.0632. The van der Waals surface area contributed by atoms with Crippen molar-refractivity contribution >= 4 is 5.91 Å². The van der Waals surface area contributed by atoms with Crippen LogP contribution in [0.3, 0.4) is 0 Å². The van der Waals surface area contributed by atoms with Crippen LogP contribution in [-0.4, -0.2) is 16.1 Å². The molecule has 2 rings (SSSR count). The Balaban J connectivity index is 2.17. The zero-order valence-electron chi connectivity index (χ0n) is 10.0. The first-order valence-electron chi connectivity index (χ1n) is 5.44. The van der Waals surface area contributed by atoms with Gasteiger partial charge in [-0.1, -0.05) is 5.73 Å². The molecule has 96 valence electrons. The molecule has 1 aromatic heterocycles. The lowest BCUT2D eigenvalue weighted by molar-refractivity contribution is 0.0961. The predicted octanol–water partition coefficient (Wildman–Crippen LogP) is 1.35. The molecule has 1 aromatic rings. The molecule has 2 N–H and O–H groups in total. The number of nitrogens with one attached hydrogen (secondary N) is 2. The van der Waals surface area contributed by atoms with Crippen LogP contribution in [0, 0.1) is 0 Å². The van der Waals surface area contributed by atoms with Crippen molar-refractivity contribution in [2.45, 2.75) is 6.92 Å². The van der Waals surface area contributed by atoms with Crippen LogP contribution < -0.4 is 10.9 Å². The molecule has 0 unspecified atom stereocenters. The van der Waals surface area contributed by atoms with Gasteiger partial charge < -0.3 is 5.32 Å². The topological polar surface area (TPSA) is 74.8 Å². The number of H-pyrrole nitrogens is 1. The van der Waals surface area contributed by atoms with Gasteiger partial charge in [0.1, 0.15) is 5.69 Å². The monoisotopic (exact) mass is 259 g/mol. The second kappa shape index (κ2) is 5.29. The normalized spacial score (nSPS) is 14.1. The fourth-order valence-electron chi connectivity index (χ4n) is 1.41. The predicted molar refractivity (Wildman–Crippen MR) is 66.9 cm³/mol. The molecular formula is C13H10FN3O2. The van der Waals surface area contributed by atoms with Crippen LogP contribution in [0.5, 0.6) is 0 Å². The lowest BCUT2D eigenvalue weighted by atomic mass is 10.2. The summed E-state index contributed by atoms with van der Waals surface area (Å²) in [5.41, 5.74) is 2.85. The fraction of sp³-hybridized carbons (Fsp3) is 0.0769. The van der Waals surface area contributed by atoms with Gasteiger partial charge in [0.15, 0.2) is 5.83 Å². The number of rotatable bonds is 2. The fourth-order valence-corrected chi connectivity index (χ4v) is 1.41. The van der Waals surface area contributed by atoms with Crippen molar-refractivity contribution in [2.24, 2.45) is 0 Å². The molecule has 0 saturated carbocycles. The summed E-state index contributed by atoms with van der Waals surface area (Å²) in [4.78, 5) is 22.7. The van der Waals surface area contributed by atoms with Crippen LogP contribution in [0.4, 0.5) is 4.39 Å². The summed E-state index contributed by atoms with van der Waals surface area (Å²) in [5, 5.41) is 8.31. The standard InChI is InChI=1S/C13H10FN3O2/c1-8-7-9(3-2-4-10(8)14)15-13(19)11-5-6-12(18)17-16-11/h2-3,5-7H,1H3,(H,15,19)(H,17,18). The summed E-state index contributed by atoms with van der Waals surface area (Å²) >= 11 is 0. The van der Waals surface area contributed by atoms with E-state index in [1.165, 1.54) is 30.4 Å². The maximum atomic E-state index is 13.2. The lowest BCUT2D eigenvalue weighted by Crippen LogP contribution is -2.24. The molecule has 0 spiro atoms. The number of hydrogen-bond acceptors (Lipinski definition) is 3. The highest BCUT2D eigenvalue weighted by Crippen LogP contribution is 2.14. The Labute approximate surface area is 107 Å². The van der Waals surface area contributed by atoms with Gasteiger partial charge in [-0.05, 0) is 36.8 Å². The van der Waals surface area contributed by atoms with Gasteiger partial charge in [-0.2, -0.15) is 9.49 Å². The van der Waals surface area contributed by atoms with Crippen molar-refractivity contribution < 1.29 is 9.18 Å². The summed E-state index contributed by atoms with van der Waals surface area (Å²) in [6, 6.07) is 2.50. The van der Waals surface area contributed by atoms with Crippen LogP contribution in [0.1, 0.15) is 17.4 Å². The van der Waals surface area contributed by atoms with E-state index in [9.17, 15) is 14.0 Å². The number of aromatic amines is 1. The molecule has 0 radical (unpaired) electrons. The molecule has 0 aliphatic heterocycles. The average molecular weight is 259 g/mol. The summed E-state index contributed by atoms with van der Waals surface area (Å²) < 4.78 is 13.2. The first kappa shape index (κ1) is 12.7. The number of carbonyl (C=O) groups excluding carboxylic acids is 1. The van der Waals surface area contributed by atoms with E-state index in [0.29, 0.717) is 11.3 Å². The largest absolute Gasteiger partial charge is 0.321 e. The SMILES string of the molecule is CC1=CC(NC(=O)c2ccc(=O)[nH]n2)=CC=C=C1F. The maximum absolute atomic E-state index is 13.2. The number of carbonyl (C=O) groups is 1. The molecule has 5 nitrogen and oxygen atoms in total. The Morgan fingerprint density at radius 1 is 1.47 bits per heavy atom. The highest BCUT2D eigenvalue weighted by Gasteiger charge is 2.09. The number of hydrogen-bond donors (Lipinski definition) is 2. The van der Waals surface area contributed by atoms with Crippen molar-refractivity contribution in [1.82, 2.24) is 15.5 Å². The molecule has 1 aliphatic carbocycles. The van der Waals surface area contributed by atoms with Crippen molar-refractivity contribution in [3.63, 3.8) is 0 Å². The molecule has 0 bridgehead atoms. The van der Waals surface area contributed by atoms with E-state index in [0.717, 1.165) is 0 Å². The minimum atomic E-state index is -0.498. The molecule has 0 saturated heterocycles.